The van der Waals surface area contributed by atoms with Crippen molar-refractivity contribution in [2.75, 3.05) is 12.8 Å². The van der Waals surface area contributed by atoms with Gasteiger partial charge in [0.2, 0.25) is 0 Å². The van der Waals surface area contributed by atoms with Crippen LogP contribution in [-0.2, 0) is 4.74 Å². The first-order valence-electron chi connectivity index (χ1n) is 4.69. The van der Waals surface area contributed by atoms with Crippen LogP contribution in [0.15, 0.2) is 23.1 Å². The summed E-state index contributed by atoms with van der Waals surface area (Å²) in [5.41, 5.74) is 7.04. The normalized spacial score (nSPS) is 10.4. The van der Waals surface area contributed by atoms with E-state index in [0.717, 1.165) is 4.90 Å². The Morgan fingerprint density at radius 1 is 1.47 bits per heavy atom. The molecule has 2 N–H and O–H groups in total. The molecule has 1 aromatic carbocycles. The first kappa shape index (κ1) is 11.9. The molecule has 0 aliphatic heterocycles. The molecule has 0 atom stereocenters. The smallest absolute Gasteiger partial charge is 0.337 e. The molecule has 1 rings (SSSR count). The lowest BCUT2D eigenvalue weighted by Crippen LogP contribution is -2.02. The molecule has 1 aromatic rings. The van der Waals surface area contributed by atoms with Crippen LogP contribution in [0.1, 0.15) is 24.2 Å². The van der Waals surface area contributed by atoms with Crippen LogP contribution in [0.2, 0.25) is 0 Å². The zero-order valence-electron chi connectivity index (χ0n) is 9.11. The predicted molar refractivity (Wildman–Crippen MR) is 63.2 cm³/mol. The Hall–Kier alpha value is -1.16. The minimum absolute atomic E-state index is 0.333. The van der Waals surface area contributed by atoms with Gasteiger partial charge < -0.3 is 10.5 Å². The Balaban J connectivity index is 2.99. The van der Waals surface area contributed by atoms with Crippen molar-refractivity contribution in [2.24, 2.45) is 0 Å². The van der Waals surface area contributed by atoms with Crippen LogP contribution in [0, 0.1) is 0 Å². The molecule has 82 valence electrons. The first-order valence-corrected chi connectivity index (χ1v) is 5.57. The highest BCUT2D eigenvalue weighted by Crippen LogP contribution is 2.29. The summed E-state index contributed by atoms with van der Waals surface area (Å²) < 4.78 is 4.65. The van der Waals surface area contributed by atoms with Gasteiger partial charge in [0.25, 0.3) is 0 Å². The minimum atomic E-state index is -0.333. The summed E-state index contributed by atoms with van der Waals surface area (Å²) in [5, 5.41) is 0.431. The van der Waals surface area contributed by atoms with Crippen molar-refractivity contribution in [2.45, 2.75) is 24.0 Å². The van der Waals surface area contributed by atoms with E-state index in [-0.39, 0.29) is 5.97 Å². The maximum atomic E-state index is 11.3. The van der Waals surface area contributed by atoms with Gasteiger partial charge in [0, 0.05) is 15.8 Å². The Labute approximate surface area is 94.0 Å². The zero-order chi connectivity index (χ0) is 11.4. The largest absolute Gasteiger partial charge is 0.465 e. The molecule has 0 spiro atoms. The van der Waals surface area contributed by atoms with Crippen LogP contribution in [-0.4, -0.2) is 18.3 Å². The Kier molecular flexibility index (Phi) is 4.03. The van der Waals surface area contributed by atoms with Crippen molar-refractivity contribution >= 4 is 23.4 Å². The second-order valence-corrected chi connectivity index (χ2v) is 5.03. The number of thioether (sulfide) groups is 1. The van der Waals surface area contributed by atoms with Crippen molar-refractivity contribution < 1.29 is 9.53 Å². The lowest BCUT2D eigenvalue weighted by atomic mass is 10.2. The fourth-order valence-corrected chi connectivity index (χ4v) is 2.04. The van der Waals surface area contributed by atoms with Gasteiger partial charge in [-0.3, -0.25) is 0 Å². The van der Waals surface area contributed by atoms with Gasteiger partial charge >= 0.3 is 5.97 Å². The number of hydrogen-bond donors (Lipinski definition) is 1. The van der Waals surface area contributed by atoms with E-state index >= 15 is 0 Å². The number of anilines is 1. The summed E-state index contributed by atoms with van der Waals surface area (Å²) >= 11 is 1.63. The molecule has 0 amide bonds. The first-order chi connectivity index (χ1) is 7.04. The Bertz CT molecular complexity index is 364. The number of nitrogen functional groups attached to an aromatic ring is 1. The maximum absolute atomic E-state index is 11.3. The number of nitrogens with two attached hydrogens (primary N) is 1. The molecule has 0 aliphatic rings. The monoisotopic (exact) mass is 225 g/mol. The number of rotatable bonds is 3. The molecule has 0 aliphatic carbocycles. The molecule has 0 saturated carbocycles. The number of carbonyl (C=O) groups is 1. The summed E-state index contributed by atoms with van der Waals surface area (Å²) in [6.07, 6.45) is 0. The van der Waals surface area contributed by atoms with E-state index < -0.39 is 0 Å². The molecule has 0 unspecified atom stereocenters. The third-order valence-electron chi connectivity index (χ3n) is 1.80. The highest BCUT2D eigenvalue weighted by Gasteiger charge is 2.09. The van der Waals surface area contributed by atoms with E-state index in [1.165, 1.54) is 7.11 Å². The fraction of sp³-hybridized carbons (Fsp3) is 0.364. The van der Waals surface area contributed by atoms with E-state index in [0.29, 0.717) is 16.5 Å². The summed E-state index contributed by atoms with van der Waals surface area (Å²) in [4.78, 5) is 12.2. The molecule has 15 heavy (non-hydrogen) atoms. The van der Waals surface area contributed by atoms with Gasteiger partial charge in [-0.1, -0.05) is 13.8 Å². The standard InChI is InChI=1S/C11H15NO2S/c1-7(2)15-10-6-8(11(13)14-3)4-5-9(10)12/h4-7H,12H2,1-3H3. The molecule has 0 aromatic heterocycles. The third kappa shape index (κ3) is 3.16. The second kappa shape index (κ2) is 5.07. The predicted octanol–water partition coefficient (Wildman–Crippen LogP) is 2.56. The molecular formula is C11H15NO2S. The molecule has 0 fully saturated rings. The highest BCUT2D eigenvalue weighted by atomic mass is 32.2. The van der Waals surface area contributed by atoms with E-state index in [1.807, 2.05) is 0 Å². The Morgan fingerprint density at radius 3 is 2.67 bits per heavy atom. The number of methoxy groups -OCH3 is 1. The second-order valence-electron chi connectivity index (χ2n) is 3.41. The maximum Gasteiger partial charge on any atom is 0.337 e. The van der Waals surface area contributed by atoms with Gasteiger partial charge in [-0.05, 0) is 18.2 Å². The number of hydrogen-bond acceptors (Lipinski definition) is 4. The quantitative estimate of drug-likeness (QED) is 0.488. The SMILES string of the molecule is COC(=O)c1ccc(N)c(SC(C)C)c1. The van der Waals surface area contributed by atoms with E-state index in [2.05, 4.69) is 18.6 Å². The van der Waals surface area contributed by atoms with Crippen LogP contribution in [0.5, 0.6) is 0 Å². The number of ether oxygens (including phenoxy) is 1. The fourth-order valence-electron chi connectivity index (χ4n) is 1.14. The highest BCUT2D eigenvalue weighted by molar-refractivity contribution is 8.00. The molecule has 3 nitrogen and oxygen atoms in total. The number of carbonyl (C=O) groups excluding carboxylic acids is 1. The molecular weight excluding hydrogens is 210 g/mol. The lowest BCUT2D eigenvalue weighted by Gasteiger charge is -2.09. The van der Waals surface area contributed by atoms with Gasteiger partial charge in [-0.15, -0.1) is 11.8 Å². The van der Waals surface area contributed by atoms with Crippen molar-refractivity contribution in [3.8, 4) is 0 Å². The molecule has 0 saturated heterocycles. The van der Waals surface area contributed by atoms with Crippen molar-refractivity contribution in [3.05, 3.63) is 23.8 Å². The van der Waals surface area contributed by atoms with Gasteiger partial charge in [0.1, 0.15) is 0 Å². The van der Waals surface area contributed by atoms with Crippen LogP contribution >= 0.6 is 11.8 Å². The van der Waals surface area contributed by atoms with Gasteiger partial charge in [-0.2, -0.15) is 0 Å². The third-order valence-corrected chi connectivity index (χ3v) is 2.88. The van der Waals surface area contributed by atoms with E-state index in [9.17, 15) is 4.79 Å². The number of benzene rings is 1. The van der Waals surface area contributed by atoms with Crippen LogP contribution in [0.3, 0.4) is 0 Å². The molecule has 4 heteroatoms. The lowest BCUT2D eigenvalue weighted by molar-refractivity contribution is 0.0600. The average molecular weight is 225 g/mol. The zero-order valence-corrected chi connectivity index (χ0v) is 9.93. The summed E-state index contributed by atoms with van der Waals surface area (Å²) in [6, 6.07) is 5.17. The van der Waals surface area contributed by atoms with E-state index in [1.54, 1.807) is 30.0 Å². The van der Waals surface area contributed by atoms with Gasteiger partial charge in [0.05, 0.1) is 12.7 Å². The van der Waals surface area contributed by atoms with Crippen molar-refractivity contribution in [3.63, 3.8) is 0 Å². The van der Waals surface area contributed by atoms with Crippen LogP contribution < -0.4 is 5.73 Å². The minimum Gasteiger partial charge on any atom is -0.465 e. The Morgan fingerprint density at radius 2 is 2.13 bits per heavy atom. The summed E-state index contributed by atoms with van der Waals surface area (Å²) in [6.45, 7) is 4.16. The summed E-state index contributed by atoms with van der Waals surface area (Å²) in [5.74, 6) is -0.333. The molecule has 0 bridgehead atoms. The topological polar surface area (TPSA) is 52.3 Å². The van der Waals surface area contributed by atoms with Crippen LogP contribution in [0.25, 0.3) is 0 Å². The van der Waals surface area contributed by atoms with Crippen molar-refractivity contribution in [1.82, 2.24) is 0 Å². The average Bonchev–Trinajstić information content (AvgIpc) is 2.19. The van der Waals surface area contributed by atoms with Gasteiger partial charge in [0.15, 0.2) is 0 Å². The summed E-state index contributed by atoms with van der Waals surface area (Å²) in [7, 11) is 1.37. The van der Waals surface area contributed by atoms with Crippen LogP contribution in [0.4, 0.5) is 5.69 Å². The number of esters is 1. The van der Waals surface area contributed by atoms with E-state index in [4.69, 9.17) is 5.73 Å². The molecule has 0 radical (unpaired) electrons. The van der Waals surface area contributed by atoms with Crippen molar-refractivity contribution in [1.29, 1.82) is 0 Å². The van der Waals surface area contributed by atoms with Gasteiger partial charge in [-0.25, -0.2) is 4.79 Å². The molecule has 0 heterocycles.